The Labute approximate surface area is 198 Å². The number of hydrogen-bond acceptors (Lipinski definition) is 7. The van der Waals surface area contributed by atoms with Crippen LogP contribution >= 0.6 is 0 Å². The van der Waals surface area contributed by atoms with Gasteiger partial charge in [0.05, 0.1) is 29.9 Å². The van der Waals surface area contributed by atoms with E-state index in [-0.39, 0.29) is 18.5 Å². The van der Waals surface area contributed by atoms with Crippen molar-refractivity contribution in [2.24, 2.45) is 4.99 Å². The number of anilines is 1. The summed E-state index contributed by atoms with van der Waals surface area (Å²) in [6.07, 6.45) is 8.95. The first-order chi connectivity index (χ1) is 16.6. The number of carbonyl (C=O) groups excluding carboxylic acids is 1. The summed E-state index contributed by atoms with van der Waals surface area (Å²) in [4.78, 5) is 37.5. The highest BCUT2D eigenvalue weighted by Gasteiger charge is 2.36. The maximum Gasteiger partial charge on any atom is 0.320 e. The van der Waals surface area contributed by atoms with Gasteiger partial charge in [-0.2, -0.15) is 0 Å². The van der Waals surface area contributed by atoms with Crippen LogP contribution in [0.3, 0.4) is 0 Å². The predicted molar refractivity (Wildman–Crippen MR) is 127 cm³/mol. The van der Waals surface area contributed by atoms with Crippen LogP contribution in [0.2, 0.25) is 0 Å². The molecule has 1 saturated heterocycles. The molecule has 1 aromatic heterocycles. The molecule has 2 atom stereocenters. The third kappa shape index (κ3) is 4.71. The molecule has 3 N–H and O–H groups in total. The van der Waals surface area contributed by atoms with Gasteiger partial charge in [-0.3, -0.25) is 9.79 Å². The number of rotatable bonds is 8. The van der Waals surface area contributed by atoms with Gasteiger partial charge >= 0.3 is 12.0 Å². The van der Waals surface area contributed by atoms with Crippen LogP contribution in [0.15, 0.2) is 40.9 Å². The number of hydrogen-bond donors (Lipinski definition) is 3. The number of nitrogens with zero attached hydrogens (tertiary/aromatic N) is 4. The Hall–Kier alpha value is -3.56. The smallest absolute Gasteiger partial charge is 0.320 e. The third-order valence-electron chi connectivity index (χ3n) is 6.55. The molecule has 5 heterocycles. The quantitative estimate of drug-likeness (QED) is 0.537. The third-order valence-corrected chi connectivity index (χ3v) is 6.55. The number of carboxylic acids is 1. The van der Waals surface area contributed by atoms with Gasteiger partial charge in [0.15, 0.2) is 0 Å². The van der Waals surface area contributed by atoms with Crippen LogP contribution < -0.4 is 15.4 Å². The Morgan fingerprint density at radius 3 is 3.06 bits per heavy atom. The number of urea groups is 1. The lowest BCUT2D eigenvalue weighted by atomic mass is 10.0. The number of carboxylic acid groups (broad SMARTS) is 1. The Bertz CT molecular complexity index is 1050. The maximum atomic E-state index is 13.2. The zero-order valence-electron chi connectivity index (χ0n) is 19.1. The molecule has 0 aromatic carbocycles. The number of ether oxygens (including phenoxy) is 1. The topological polar surface area (TPSA) is 119 Å². The van der Waals surface area contributed by atoms with Crippen molar-refractivity contribution in [3.63, 3.8) is 0 Å². The summed E-state index contributed by atoms with van der Waals surface area (Å²) in [5.74, 6) is 0.452. The molecule has 0 aliphatic carbocycles. The molecule has 2 unspecified atom stereocenters. The van der Waals surface area contributed by atoms with Crippen molar-refractivity contribution < 1.29 is 19.4 Å². The van der Waals surface area contributed by atoms with Gasteiger partial charge in [0.2, 0.25) is 5.88 Å². The Morgan fingerprint density at radius 1 is 1.26 bits per heavy atom. The molecular formula is C24H30N6O4. The van der Waals surface area contributed by atoms with Crippen molar-refractivity contribution in [2.75, 3.05) is 44.6 Å². The minimum Gasteiger partial charge on any atom is -0.481 e. The average Bonchev–Trinajstić information content (AvgIpc) is 3.22. The molecule has 10 nitrogen and oxygen atoms in total. The van der Waals surface area contributed by atoms with E-state index in [0.29, 0.717) is 44.4 Å². The number of fused-ring (bicyclic) bond motifs is 2. The first-order valence-electron chi connectivity index (χ1n) is 11.9. The SMILES string of the molecule is O=C(O)CC(c1ccc2c(n1)OCCN2)N1CCN(CCCC2C=CC3=CCCNC3=N2)C1=O. The van der Waals surface area contributed by atoms with Crippen molar-refractivity contribution in [1.82, 2.24) is 20.1 Å². The largest absolute Gasteiger partial charge is 0.481 e. The minimum absolute atomic E-state index is 0.111. The number of carbonyl (C=O) groups is 2. The highest BCUT2D eigenvalue weighted by Crippen LogP contribution is 2.32. The molecular weight excluding hydrogens is 436 g/mol. The second kappa shape index (κ2) is 9.74. The molecule has 34 heavy (non-hydrogen) atoms. The van der Waals surface area contributed by atoms with E-state index in [0.717, 1.165) is 42.9 Å². The molecule has 2 amide bonds. The van der Waals surface area contributed by atoms with Gasteiger partial charge in [-0.1, -0.05) is 18.2 Å². The first kappa shape index (κ1) is 22.2. The molecule has 1 aromatic rings. The molecule has 0 spiro atoms. The molecule has 4 aliphatic heterocycles. The number of aliphatic imine (C=N–C) groups is 1. The number of dihydropyridines is 1. The average molecular weight is 467 g/mol. The summed E-state index contributed by atoms with van der Waals surface area (Å²) < 4.78 is 5.61. The molecule has 1 fully saturated rings. The normalized spacial score (nSPS) is 22.0. The van der Waals surface area contributed by atoms with Crippen molar-refractivity contribution in [3.05, 3.63) is 41.6 Å². The number of amides is 2. The molecule has 4 aliphatic rings. The lowest BCUT2D eigenvalue weighted by molar-refractivity contribution is -0.138. The van der Waals surface area contributed by atoms with Crippen molar-refractivity contribution in [1.29, 1.82) is 0 Å². The standard InChI is InChI=1S/C24H30N6O4/c31-21(32)15-20(18-7-8-19-23(28-18)34-14-10-25-19)30-13-12-29(24(30)33)11-2-4-17-6-5-16-3-1-9-26-22(16)27-17/h3,5-8,17,20,25H,1-2,4,9-15H2,(H,26,27)(H,31,32). The van der Waals surface area contributed by atoms with Crippen LogP contribution in [0.1, 0.15) is 37.4 Å². The summed E-state index contributed by atoms with van der Waals surface area (Å²) in [7, 11) is 0. The fourth-order valence-electron chi connectivity index (χ4n) is 4.82. The zero-order chi connectivity index (χ0) is 23.5. The minimum atomic E-state index is -0.970. The fourth-order valence-corrected chi connectivity index (χ4v) is 4.82. The van der Waals surface area contributed by atoms with Crippen LogP contribution in [-0.2, 0) is 4.79 Å². The molecule has 0 radical (unpaired) electrons. The van der Waals surface area contributed by atoms with Crippen LogP contribution in [0.4, 0.5) is 10.5 Å². The summed E-state index contributed by atoms with van der Waals surface area (Å²) >= 11 is 0. The number of aliphatic carboxylic acids is 1. The van der Waals surface area contributed by atoms with Crippen molar-refractivity contribution in [2.45, 2.75) is 37.8 Å². The second-order valence-electron chi connectivity index (χ2n) is 8.86. The predicted octanol–water partition coefficient (Wildman–Crippen LogP) is 2.18. The van der Waals surface area contributed by atoms with Crippen molar-refractivity contribution in [3.8, 4) is 5.88 Å². The number of pyridine rings is 1. The number of aromatic nitrogens is 1. The first-order valence-corrected chi connectivity index (χ1v) is 11.9. The van der Waals surface area contributed by atoms with Gasteiger partial charge in [0.25, 0.3) is 0 Å². The Morgan fingerprint density at radius 2 is 2.18 bits per heavy atom. The van der Waals surface area contributed by atoms with Crippen LogP contribution in [0.25, 0.3) is 0 Å². The summed E-state index contributed by atoms with van der Waals surface area (Å²) in [5, 5.41) is 16.1. The van der Waals surface area contributed by atoms with Gasteiger partial charge in [0.1, 0.15) is 12.4 Å². The Balaban J connectivity index is 1.21. The van der Waals surface area contributed by atoms with E-state index in [1.54, 1.807) is 15.9 Å². The summed E-state index contributed by atoms with van der Waals surface area (Å²) in [6, 6.07) is 2.95. The fraction of sp³-hybridized carbons (Fsp3) is 0.500. The van der Waals surface area contributed by atoms with E-state index in [1.165, 1.54) is 0 Å². The van der Waals surface area contributed by atoms with Crippen LogP contribution in [0.5, 0.6) is 5.88 Å². The van der Waals surface area contributed by atoms with Crippen LogP contribution in [0, 0.1) is 0 Å². The van der Waals surface area contributed by atoms with E-state index >= 15 is 0 Å². The van der Waals surface area contributed by atoms with Gasteiger partial charge in [-0.25, -0.2) is 9.78 Å². The number of nitrogens with one attached hydrogen (secondary N) is 2. The summed E-state index contributed by atoms with van der Waals surface area (Å²) in [6.45, 7) is 3.77. The maximum absolute atomic E-state index is 13.2. The van der Waals surface area contributed by atoms with E-state index in [4.69, 9.17) is 9.73 Å². The monoisotopic (exact) mass is 466 g/mol. The Kier molecular flexibility index (Phi) is 6.37. The molecule has 0 bridgehead atoms. The second-order valence-corrected chi connectivity index (χ2v) is 8.86. The molecule has 180 valence electrons. The highest BCUT2D eigenvalue weighted by molar-refractivity contribution is 6.02. The van der Waals surface area contributed by atoms with E-state index < -0.39 is 12.0 Å². The molecule has 5 rings (SSSR count). The molecule has 0 saturated carbocycles. The molecule has 10 heteroatoms. The van der Waals surface area contributed by atoms with Gasteiger partial charge < -0.3 is 30.3 Å². The lowest BCUT2D eigenvalue weighted by Gasteiger charge is -2.28. The van der Waals surface area contributed by atoms with E-state index in [9.17, 15) is 14.7 Å². The van der Waals surface area contributed by atoms with E-state index in [1.807, 2.05) is 6.07 Å². The van der Waals surface area contributed by atoms with Gasteiger partial charge in [-0.05, 0) is 31.4 Å². The number of amidine groups is 1. The van der Waals surface area contributed by atoms with Crippen LogP contribution in [-0.4, -0.2) is 83.1 Å². The van der Waals surface area contributed by atoms with Crippen molar-refractivity contribution >= 4 is 23.5 Å². The zero-order valence-corrected chi connectivity index (χ0v) is 19.1. The van der Waals surface area contributed by atoms with E-state index in [2.05, 4.69) is 33.8 Å². The van der Waals surface area contributed by atoms with Gasteiger partial charge in [-0.15, -0.1) is 0 Å². The van der Waals surface area contributed by atoms with Gasteiger partial charge in [0, 0.05) is 38.3 Å². The summed E-state index contributed by atoms with van der Waals surface area (Å²) in [5.41, 5.74) is 2.48. The lowest BCUT2D eigenvalue weighted by Crippen LogP contribution is -2.36. The highest BCUT2D eigenvalue weighted by atomic mass is 16.5.